The topological polar surface area (TPSA) is 58.2 Å². The van der Waals surface area contributed by atoms with Crippen LogP contribution in [-0.2, 0) is 4.74 Å². The predicted octanol–water partition coefficient (Wildman–Crippen LogP) is 2.71. The summed E-state index contributed by atoms with van der Waals surface area (Å²) >= 11 is 0. The third kappa shape index (κ3) is 2.59. The first kappa shape index (κ1) is 14.6. The third-order valence-corrected chi connectivity index (χ3v) is 4.85. The Hall–Kier alpha value is -1.36. The van der Waals surface area contributed by atoms with E-state index in [9.17, 15) is 4.79 Å². The van der Waals surface area contributed by atoms with Gasteiger partial charge in [-0.3, -0.25) is 9.89 Å². The maximum atomic E-state index is 13.0. The lowest BCUT2D eigenvalue weighted by Crippen LogP contribution is -2.50. The van der Waals surface area contributed by atoms with Gasteiger partial charge >= 0.3 is 0 Å². The van der Waals surface area contributed by atoms with Gasteiger partial charge in [-0.15, -0.1) is 0 Å². The molecule has 1 aromatic heterocycles. The van der Waals surface area contributed by atoms with Crippen molar-refractivity contribution in [2.24, 2.45) is 0 Å². The van der Waals surface area contributed by atoms with E-state index in [0.717, 1.165) is 43.5 Å². The number of nitrogens with one attached hydrogen (secondary N) is 1. The maximum absolute atomic E-state index is 13.0. The zero-order valence-electron chi connectivity index (χ0n) is 13.0. The molecule has 0 radical (unpaired) electrons. The van der Waals surface area contributed by atoms with Gasteiger partial charge in [-0.25, -0.2) is 0 Å². The van der Waals surface area contributed by atoms with Crippen LogP contribution in [0.2, 0.25) is 0 Å². The molecule has 1 aliphatic carbocycles. The highest BCUT2D eigenvalue weighted by atomic mass is 16.5. The Morgan fingerprint density at radius 2 is 2.38 bits per heavy atom. The van der Waals surface area contributed by atoms with Crippen LogP contribution in [0.15, 0.2) is 6.20 Å². The number of likely N-dealkylation sites (tertiary alicyclic amines) is 1. The molecule has 5 heteroatoms. The van der Waals surface area contributed by atoms with Crippen molar-refractivity contribution < 1.29 is 9.53 Å². The van der Waals surface area contributed by atoms with E-state index >= 15 is 0 Å². The van der Waals surface area contributed by atoms with Gasteiger partial charge in [-0.1, -0.05) is 13.3 Å². The Kier molecular flexibility index (Phi) is 4.02. The molecule has 21 heavy (non-hydrogen) atoms. The fourth-order valence-electron chi connectivity index (χ4n) is 3.77. The van der Waals surface area contributed by atoms with Crippen LogP contribution < -0.4 is 0 Å². The van der Waals surface area contributed by atoms with Crippen LogP contribution in [0.1, 0.15) is 67.4 Å². The Morgan fingerprint density at radius 1 is 1.57 bits per heavy atom. The lowest BCUT2D eigenvalue weighted by Gasteiger charge is -2.38. The molecule has 1 aromatic rings. The first-order valence-corrected chi connectivity index (χ1v) is 8.06. The molecular formula is C16H25N3O2. The number of ether oxygens (including phenoxy) is 1. The summed E-state index contributed by atoms with van der Waals surface area (Å²) in [5, 5.41) is 7.15. The van der Waals surface area contributed by atoms with Gasteiger partial charge in [0, 0.05) is 19.6 Å². The van der Waals surface area contributed by atoms with Gasteiger partial charge < -0.3 is 9.64 Å². The van der Waals surface area contributed by atoms with Crippen molar-refractivity contribution in [2.45, 2.75) is 56.9 Å². The molecule has 1 saturated heterocycles. The summed E-state index contributed by atoms with van der Waals surface area (Å²) in [4.78, 5) is 15.1. The minimum atomic E-state index is -0.126. The number of carbonyl (C=O) groups is 1. The van der Waals surface area contributed by atoms with Crippen LogP contribution in [0.25, 0.3) is 0 Å². The molecular weight excluding hydrogens is 266 g/mol. The number of methoxy groups -OCH3 is 1. The minimum absolute atomic E-state index is 0.126. The molecule has 0 bridgehead atoms. The summed E-state index contributed by atoms with van der Waals surface area (Å²) in [7, 11) is 1.73. The standard InChI is InChI=1S/C16H25N3O2/c1-3-7-16(11-21-2)8-4-9-19(16)15(20)13-10-17-18-14(13)12-5-6-12/h10,12H,3-9,11H2,1-2H3,(H,17,18). The molecule has 1 N–H and O–H groups in total. The van der Waals surface area contributed by atoms with Crippen LogP contribution in [0, 0.1) is 0 Å². The van der Waals surface area contributed by atoms with Gasteiger partial charge in [-0.05, 0) is 32.1 Å². The second-order valence-corrected chi connectivity index (χ2v) is 6.44. The second-order valence-electron chi connectivity index (χ2n) is 6.44. The largest absolute Gasteiger partial charge is 0.382 e. The van der Waals surface area contributed by atoms with Crippen molar-refractivity contribution in [3.05, 3.63) is 17.5 Å². The molecule has 0 aromatic carbocycles. The van der Waals surface area contributed by atoms with Crippen molar-refractivity contribution in [3.8, 4) is 0 Å². The van der Waals surface area contributed by atoms with Crippen LogP contribution in [0.4, 0.5) is 0 Å². The molecule has 3 rings (SSSR count). The maximum Gasteiger partial charge on any atom is 0.257 e. The minimum Gasteiger partial charge on any atom is -0.382 e. The van der Waals surface area contributed by atoms with Gasteiger partial charge in [0.25, 0.3) is 5.91 Å². The Morgan fingerprint density at radius 3 is 3.05 bits per heavy atom. The highest BCUT2D eigenvalue weighted by molar-refractivity contribution is 5.96. The van der Waals surface area contributed by atoms with E-state index in [0.29, 0.717) is 12.5 Å². The van der Waals surface area contributed by atoms with E-state index < -0.39 is 0 Å². The Labute approximate surface area is 126 Å². The monoisotopic (exact) mass is 291 g/mol. The van der Waals surface area contributed by atoms with Crippen LogP contribution in [0.5, 0.6) is 0 Å². The number of rotatable bonds is 6. The van der Waals surface area contributed by atoms with Crippen LogP contribution in [-0.4, -0.2) is 46.8 Å². The van der Waals surface area contributed by atoms with Crippen molar-refractivity contribution in [2.75, 3.05) is 20.3 Å². The Balaban J connectivity index is 1.86. The molecule has 1 saturated carbocycles. The molecule has 1 unspecified atom stereocenters. The molecule has 5 nitrogen and oxygen atoms in total. The van der Waals surface area contributed by atoms with E-state index in [2.05, 4.69) is 22.0 Å². The second kappa shape index (κ2) is 5.79. The highest BCUT2D eigenvalue weighted by Crippen LogP contribution is 2.42. The summed E-state index contributed by atoms with van der Waals surface area (Å²) in [6.45, 7) is 3.63. The lowest BCUT2D eigenvalue weighted by atomic mass is 9.91. The lowest BCUT2D eigenvalue weighted by molar-refractivity contribution is 0.0253. The van der Waals surface area contributed by atoms with Gasteiger partial charge in [-0.2, -0.15) is 5.10 Å². The molecule has 1 aliphatic heterocycles. The molecule has 2 fully saturated rings. The SMILES string of the molecule is CCCC1(COC)CCCN1C(=O)c1cn[nH]c1C1CC1. The number of carbonyl (C=O) groups excluding carboxylic acids is 1. The van der Waals surface area contributed by atoms with E-state index in [1.807, 2.05) is 0 Å². The van der Waals surface area contributed by atoms with E-state index in [1.165, 1.54) is 12.8 Å². The van der Waals surface area contributed by atoms with E-state index in [1.54, 1.807) is 13.3 Å². The van der Waals surface area contributed by atoms with Crippen molar-refractivity contribution in [1.29, 1.82) is 0 Å². The number of hydrogen-bond donors (Lipinski definition) is 1. The zero-order valence-corrected chi connectivity index (χ0v) is 13.0. The van der Waals surface area contributed by atoms with E-state index in [4.69, 9.17) is 4.74 Å². The van der Waals surface area contributed by atoms with Gasteiger partial charge in [0.1, 0.15) is 0 Å². The van der Waals surface area contributed by atoms with Gasteiger partial charge in [0.15, 0.2) is 0 Å². The predicted molar refractivity (Wildman–Crippen MR) is 80.3 cm³/mol. The van der Waals surface area contributed by atoms with Crippen LogP contribution in [0.3, 0.4) is 0 Å². The summed E-state index contributed by atoms with van der Waals surface area (Å²) in [5.74, 6) is 0.644. The molecule has 0 spiro atoms. The average molecular weight is 291 g/mol. The summed E-state index contributed by atoms with van der Waals surface area (Å²) in [6, 6.07) is 0. The summed E-state index contributed by atoms with van der Waals surface area (Å²) in [6.07, 6.45) is 8.21. The number of hydrogen-bond acceptors (Lipinski definition) is 3. The average Bonchev–Trinajstić information content (AvgIpc) is 3.05. The Bertz CT molecular complexity index is 501. The first-order chi connectivity index (χ1) is 10.2. The van der Waals surface area contributed by atoms with Crippen LogP contribution >= 0.6 is 0 Å². The van der Waals surface area contributed by atoms with Crippen molar-refractivity contribution in [1.82, 2.24) is 15.1 Å². The first-order valence-electron chi connectivity index (χ1n) is 8.06. The van der Waals surface area contributed by atoms with E-state index in [-0.39, 0.29) is 11.4 Å². The fourth-order valence-corrected chi connectivity index (χ4v) is 3.77. The number of aromatic nitrogens is 2. The van der Waals surface area contributed by atoms with Gasteiger partial charge in [0.05, 0.1) is 29.6 Å². The normalized spacial score (nSPS) is 25.5. The number of nitrogens with zero attached hydrogens (tertiary/aromatic N) is 2. The summed E-state index contributed by atoms with van der Waals surface area (Å²) < 4.78 is 5.45. The van der Waals surface area contributed by atoms with Crippen molar-refractivity contribution in [3.63, 3.8) is 0 Å². The van der Waals surface area contributed by atoms with Crippen molar-refractivity contribution >= 4 is 5.91 Å². The number of H-pyrrole nitrogens is 1. The number of aromatic amines is 1. The molecule has 2 heterocycles. The highest BCUT2D eigenvalue weighted by Gasteiger charge is 2.44. The fraction of sp³-hybridized carbons (Fsp3) is 0.750. The van der Waals surface area contributed by atoms with Gasteiger partial charge in [0.2, 0.25) is 0 Å². The third-order valence-electron chi connectivity index (χ3n) is 4.85. The quantitative estimate of drug-likeness (QED) is 0.876. The summed E-state index contributed by atoms with van der Waals surface area (Å²) in [5.41, 5.74) is 1.68. The molecule has 1 amide bonds. The number of amides is 1. The molecule has 116 valence electrons. The molecule has 1 atom stereocenters. The smallest absolute Gasteiger partial charge is 0.257 e. The molecule has 2 aliphatic rings. The zero-order chi connectivity index (χ0) is 14.9.